The lowest BCUT2D eigenvalue weighted by atomic mass is 10.1. The van der Waals surface area contributed by atoms with Crippen LogP contribution >= 0.6 is 0 Å². The zero-order valence-corrected chi connectivity index (χ0v) is 8.37. The van der Waals surface area contributed by atoms with E-state index >= 15 is 0 Å². The Labute approximate surface area is 83.9 Å². The average Bonchev–Trinajstić information content (AvgIpc) is 2.19. The highest BCUT2D eigenvalue weighted by molar-refractivity contribution is 5.30. The van der Waals surface area contributed by atoms with E-state index in [0.29, 0.717) is 13.0 Å². The van der Waals surface area contributed by atoms with E-state index in [1.54, 1.807) is 0 Å². The predicted octanol–water partition coefficient (Wildman–Crippen LogP) is 2.44. The second-order valence-electron chi connectivity index (χ2n) is 3.09. The van der Waals surface area contributed by atoms with Crippen molar-refractivity contribution >= 4 is 0 Å². The van der Waals surface area contributed by atoms with Crippen LogP contribution in [0.3, 0.4) is 0 Å². The fraction of sp³-hybridized carbons (Fsp3) is 0.455. The van der Waals surface area contributed by atoms with Crippen LogP contribution in [-0.2, 0) is 0 Å². The van der Waals surface area contributed by atoms with Gasteiger partial charge < -0.3 is 10.5 Å². The molecule has 1 atom stereocenters. The van der Waals surface area contributed by atoms with E-state index in [1.807, 2.05) is 31.2 Å². The monoisotopic (exact) mass is 197 g/mol. The van der Waals surface area contributed by atoms with Gasteiger partial charge in [0.2, 0.25) is 0 Å². The molecular weight excluding hydrogens is 181 g/mol. The van der Waals surface area contributed by atoms with Crippen molar-refractivity contribution in [2.24, 2.45) is 5.73 Å². The van der Waals surface area contributed by atoms with Gasteiger partial charge in [-0.2, -0.15) is 0 Å². The number of halogens is 1. The number of hydrogen-bond acceptors (Lipinski definition) is 2. The molecule has 0 aliphatic carbocycles. The number of alkyl halides is 1. The number of benzene rings is 1. The summed E-state index contributed by atoms with van der Waals surface area (Å²) in [4.78, 5) is 0. The fourth-order valence-corrected chi connectivity index (χ4v) is 1.29. The van der Waals surface area contributed by atoms with Crippen LogP contribution in [0.4, 0.5) is 4.39 Å². The lowest BCUT2D eigenvalue weighted by Crippen LogP contribution is -2.10. The van der Waals surface area contributed by atoms with E-state index < -0.39 is 0 Å². The van der Waals surface area contributed by atoms with Gasteiger partial charge in [-0.1, -0.05) is 12.1 Å². The molecule has 1 rings (SSSR count). The van der Waals surface area contributed by atoms with Crippen LogP contribution in [0.1, 0.15) is 24.9 Å². The molecule has 14 heavy (non-hydrogen) atoms. The van der Waals surface area contributed by atoms with Gasteiger partial charge in [0, 0.05) is 6.04 Å². The molecule has 0 fully saturated rings. The maximum absolute atomic E-state index is 12.1. The van der Waals surface area contributed by atoms with Crippen molar-refractivity contribution in [3.63, 3.8) is 0 Å². The Morgan fingerprint density at radius 3 is 2.93 bits per heavy atom. The van der Waals surface area contributed by atoms with Gasteiger partial charge in [-0.05, 0) is 31.0 Å². The van der Waals surface area contributed by atoms with Crippen molar-refractivity contribution in [2.45, 2.75) is 19.4 Å². The van der Waals surface area contributed by atoms with Gasteiger partial charge in [-0.25, -0.2) is 0 Å². The van der Waals surface area contributed by atoms with Crippen LogP contribution in [0.15, 0.2) is 24.3 Å². The Morgan fingerprint density at radius 1 is 1.50 bits per heavy atom. The van der Waals surface area contributed by atoms with Crippen molar-refractivity contribution < 1.29 is 9.13 Å². The third-order valence-corrected chi connectivity index (χ3v) is 2.02. The van der Waals surface area contributed by atoms with Crippen LogP contribution in [0, 0.1) is 0 Å². The topological polar surface area (TPSA) is 35.2 Å². The lowest BCUT2D eigenvalue weighted by Gasteiger charge is -2.11. The average molecular weight is 197 g/mol. The van der Waals surface area contributed by atoms with Crippen LogP contribution in [-0.4, -0.2) is 13.3 Å². The Bertz CT molecular complexity index is 278. The van der Waals surface area contributed by atoms with E-state index in [0.717, 1.165) is 11.3 Å². The van der Waals surface area contributed by atoms with Crippen LogP contribution in [0.2, 0.25) is 0 Å². The third-order valence-electron chi connectivity index (χ3n) is 2.02. The van der Waals surface area contributed by atoms with Gasteiger partial charge in [0.15, 0.2) is 0 Å². The van der Waals surface area contributed by atoms with Gasteiger partial charge in [-0.15, -0.1) is 0 Å². The van der Waals surface area contributed by atoms with Crippen LogP contribution < -0.4 is 10.5 Å². The zero-order chi connectivity index (χ0) is 10.4. The molecule has 0 aliphatic rings. The first kappa shape index (κ1) is 11.0. The van der Waals surface area contributed by atoms with Gasteiger partial charge >= 0.3 is 0 Å². The Hall–Kier alpha value is -1.09. The fourth-order valence-electron chi connectivity index (χ4n) is 1.29. The summed E-state index contributed by atoms with van der Waals surface area (Å²) in [6, 6.07) is 7.26. The minimum Gasteiger partial charge on any atom is -0.494 e. The number of ether oxygens (including phenoxy) is 1. The molecule has 0 saturated carbocycles. The molecule has 0 heterocycles. The van der Waals surface area contributed by atoms with Crippen LogP contribution in [0.25, 0.3) is 0 Å². The summed E-state index contributed by atoms with van der Waals surface area (Å²) in [6.07, 6.45) is 0.357. The Morgan fingerprint density at radius 2 is 2.29 bits per heavy atom. The van der Waals surface area contributed by atoms with E-state index in [1.165, 1.54) is 0 Å². The molecule has 0 radical (unpaired) electrons. The van der Waals surface area contributed by atoms with Crippen molar-refractivity contribution in [2.75, 3.05) is 13.3 Å². The summed E-state index contributed by atoms with van der Waals surface area (Å²) < 4.78 is 17.4. The molecule has 0 aromatic heterocycles. The lowest BCUT2D eigenvalue weighted by molar-refractivity contribution is 0.339. The highest BCUT2D eigenvalue weighted by Gasteiger charge is 2.06. The predicted molar refractivity (Wildman–Crippen MR) is 55.1 cm³/mol. The standard InChI is InChI=1S/C11H16FNO/c1-2-14-10-5-3-4-9(8-10)11(13)6-7-12/h3-5,8,11H,2,6-7,13H2,1H3/t11-/m1/s1. The van der Waals surface area contributed by atoms with Crippen molar-refractivity contribution in [1.82, 2.24) is 0 Å². The Balaban J connectivity index is 2.71. The molecule has 1 aromatic carbocycles. The molecule has 0 spiro atoms. The van der Waals surface area contributed by atoms with Crippen molar-refractivity contribution in [3.8, 4) is 5.75 Å². The second kappa shape index (κ2) is 5.60. The minimum atomic E-state index is -0.389. The van der Waals surface area contributed by atoms with Gasteiger partial charge in [0.25, 0.3) is 0 Å². The van der Waals surface area contributed by atoms with Crippen LogP contribution in [0.5, 0.6) is 5.75 Å². The number of hydrogen-bond donors (Lipinski definition) is 1. The Kier molecular flexibility index (Phi) is 4.40. The molecule has 0 unspecified atom stereocenters. The van der Waals surface area contributed by atoms with E-state index in [4.69, 9.17) is 10.5 Å². The smallest absolute Gasteiger partial charge is 0.119 e. The second-order valence-corrected chi connectivity index (χ2v) is 3.09. The number of rotatable bonds is 5. The molecule has 2 nitrogen and oxygen atoms in total. The van der Waals surface area contributed by atoms with Crippen molar-refractivity contribution in [3.05, 3.63) is 29.8 Å². The molecule has 0 amide bonds. The van der Waals surface area contributed by atoms with E-state index in [2.05, 4.69) is 0 Å². The molecular formula is C11H16FNO. The third kappa shape index (κ3) is 3.00. The maximum Gasteiger partial charge on any atom is 0.119 e. The summed E-state index contributed by atoms with van der Waals surface area (Å²) in [5, 5.41) is 0. The first-order valence-electron chi connectivity index (χ1n) is 4.82. The summed E-state index contributed by atoms with van der Waals surface area (Å²) >= 11 is 0. The van der Waals surface area contributed by atoms with Gasteiger partial charge in [-0.3, -0.25) is 4.39 Å². The first-order chi connectivity index (χ1) is 6.77. The maximum atomic E-state index is 12.1. The van der Waals surface area contributed by atoms with Gasteiger partial charge in [0.05, 0.1) is 13.3 Å². The van der Waals surface area contributed by atoms with E-state index in [9.17, 15) is 4.39 Å². The molecule has 78 valence electrons. The summed E-state index contributed by atoms with van der Waals surface area (Å²) in [5.41, 5.74) is 6.70. The minimum absolute atomic E-state index is 0.236. The SMILES string of the molecule is CCOc1cccc([C@H](N)CCF)c1. The molecule has 3 heteroatoms. The summed E-state index contributed by atoms with van der Waals surface area (Å²) in [6.45, 7) is 2.16. The molecule has 0 bridgehead atoms. The normalized spacial score (nSPS) is 12.5. The van der Waals surface area contributed by atoms with E-state index in [-0.39, 0.29) is 12.7 Å². The largest absolute Gasteiger partial charge is 0.494 e. The molecule has 0 saturated heterocycles. The highest BCUT2D eigenvalue weighted by Crippen LogP contribution is 2.19. The molecule has 1 aromatic rings. The molecule has 0 aliphatic heterocycles. The zero-order valence-electron chi connectivity index (χ0n) is 8.37. The number of nitrogens with two attached hydrogens (primary N) is 1. The first-order valence-corrected chi connectivity index (χ1v) is 4.82. The van der Waals surface area contributed by atoms with Gasteiger partial charge in [0.1, 0.15) is 5.75 Å². The summed E-state index contributed by atoms with van der Waals surface area (Å²) in [7, 11) is 0. The molecule has 2 N–H and O–H groups in total. The quantitative estimate of drug-likeness (QED) is 0.786. The highest BCUT2D eigenvalue weighted by atomic mass is 19.1. The van der Waals surface area contributed by atoms with Crippen molar-refractivity contribution in [1.29, 1.82) is 0 Å². The summed E-state index contributed by atoms with van der Waals surface area (Å²) in [5.74, 6) is 0.791.